The Labute approximate surface area is 133 Å². The van der Waals surface area contributed by atoms with Gasteiger partial charge < -0.3 is 4.74 Å². The number of nitrogens with zero attached hydrogens (tertiary/aromatic N) is 2. The lowest BCUT2D eigenvalue weighted by Crippen LogP contribution is -2.33. The highest BCUT2D eigenvalue weighted by Crippen LogP contribution is 2.20. The molecule has 0 radical (unpaired) electrons. The van der Waals surface area contributed by atoms with Gasteiger partial charge >= 0.3 is 0 Å². The van der Waals surface area contributed by atoms with Crippen LogP contribution in [-0.4, -0.2) is 38.0 Å². The van der Waals surface area contributed by atoms with Crippen LogP contribution in [-0.2, 0) is 21.3 Å². The van der Waals surface area contributed by atoms with Gasteiger partial charge in [0.05, 0.1) is 6.61 Å². The van der Waals surface area contributed by atoms with Gasteiger partial charge in [0, 0.05) is 31.3 Å². The van der Waals surface area contributed by atoms with Crippen molar-refractivity contribution in [3.8, 4) is 0 Å². The highest BCUT2D eigenvalue weighted by Gasteiger charge is 2.25. The summed E-state index contributed by atoms with van der Waals surface area (Å²) in [6.07, 6.45) is 1.27. The molecule has 114 valence electrons. The molecule has 0 fully saturated rings. The molecule has 0 bridgehead atoms. The first-order valence-corrected chi connectivity index (χ1v) is 8.87. The van der Waals surface area contributed by atoms with Gasteiger partial charge in [0.15, 0.2) is 0 Å². The third kappa shape index (κ3) is 4.24. The van der Waals surface area contributed by atoms with E-state index in [1.54, 1.807) is 7.11 Å². The maximum absolute atomic E-state index is 12.7. The summed E-state index contributed by atoms with van der Waals surface area (Å²) in [6.45, 7) is 0.914. The number of rotatable bonds is 7. The van der Waals surface area contributed by atoms with Crippen molar-refractivity contribution >= 4 is 33.0 Å². The van der Waals surface area contributed by atoms with Crippen molar-refractivity contribution < 1.29 is 13.2 Å². The average Bonchev–Trinajstić information content (AvgIpc) is 2.96. The van der Waals surface area contributed by atoms with E-state index in [1.165, 1.54) is 34.0 Å². The van der Waals surface area contributed by atoms with Crippen LogP contribution in [0.3, 0.4) is 0 Å². The maximum Gasteiger partial charge on any atom is 0.245 e. The second kappa shape index (κ2) is 7.33. The molecule has 2 aromatic rings. The minimum atomic E-state index is -3.63. The van der Waals surface area contributed by atoms with Crippen molar-refractivity contribution in [2.45, 2.75) is 11.4 Å². The van der Waals surface area contributed by atoms with Gasteiger partial charge in [-0.05, 0) is 23.6 Å². The standard InChI is InChI=1S/C13H15ClN2O3S2/c1-19-7-6-16(10-11-3-2-8-20-11)21(17,18)12-4-5-13(14)15-9-12/h2-5,8-9H,6-7,10H2,1H3. The van der Waals surface area contributed by atoms with Crippen LogP contribution in [0.4, 0.5) is 0 Å². The number of methoxy groups -OCH3 is 1. The molecule has 8 heteroatoms. The number of pyridine rings is 1. The number of hydrogen-bond acceptors (Lipinski definition) is 5. The van der Waals surface area contributed by atoms with E-state index in [-0.39, 0.29) is 16.6 Å². The Morgan fingerprint density at radius 2 is 2.19 bits per heavy atom. The van der Waals surface area contributed by atoms with Gasteiger partial charge in [-0.2, -0.15) is 4.31 Å². The van der Waals surface area contributed by atoms with Crippen molar-refractivity contribution in [3.05, 3.63) is 45.9 Å². The summed E-state index contributed by atoms with van der Waals surface area (Å²) in [5.74, 6) is 0. The number of thiophene rings is 1. The minimum Gasteiger partial charge on any atom is -0.383 e. The molecule has 0 aliphatic rings. The molecule has 21 heavy (non-hydrogen) atoms. The third-order valence-corrected chi connectivity index (χ3v) is 5.71. The Bertz CT molecular complexity index is 657. The molecule has 5 nitrogen and oxygen atoms in total. The Balaban J connectivity index is 2.27. The lowest BCUT2D eigenvalue weighted by atomic mass is 10.4. The fourth-order valence-corrected chi connectivity index (χ4v) is 3.98. The Morgan fingerprint density at radius 3 is 2.76 bits per heavy atom. The summed E-state index contributed by atoms with van der Waals surface area (Å²) >= 11 is 7.22. The van der Waals surface area contributed by atoms with Gasteiger partial charge in [-0.1, -0.05) is 17.7 Å². The molecule has 2 aromatic heterocycles. The van der Waals surface area contributed by atoms with Crippen LogP contribution in [0, 0.1) is 0 Å². The van der Waals surface area contributed by atoms with Crippen molar-refractivity contribution in [2.24, 2.45) is 0 Å². The van der Waals surface area contributed by atoms with E-state index in [0.29, 0.717) is 13.2 Å². The second-order valence-electron chi connectivity index (χ2n) is 4.23. The van der Waals surface area contributed by atoms with Crippen molar-refractivity contribution in [3.63, 3.8) is 0 Å². The van der Waals surface area contributed by atoms with E-state index in [0.717, 1.165) is 4.88 Å². The molecule has 0 aliphatic carbocycles. The number of halogens is 1. The summed E-state index contributed by atoms with van der Waals surface area (Å²) in [6, 6.07) is 6.72. The highest BCUT2D eigenvalue weighted by atomic mass is 35.5. The van der Waals surface area contributed by atoms with Crippen molar-refractivity contribution in [1.29, 1.82) is 0 Å². The smallest absolute Gasteiger partial charge is 0.245 e. The van der Waals surface area contributed by atoms with Crippen LogP contribution >= 0.6 is 22.9 Å². The van der Waals surface area contributed by atoms with Crippen LogP contribution in [0.25, 0.3) is 0 Å². The molecule has 2 rings (SSSR count). The summed E-state index contributed by atoms with van der Waals surface area (Å²) in [5.41, 5.74) is 0. The van der Waals surface area contributed by atoms with Gasteiger partial charge in [-0.25, -0.2) is 13.4 Å². The molecular weight excluding hydrogens is 332 g/mol. The Morgan fingerprint density at radius 1 is 1.38 bits per heavy atom. The van der Waals surface area contributed by atoms with Gasteiger partial charge in [0.2, 0.25) is 10.0 Å². The summed E-state index contributed by atoms with van der Waals surface area (Å²) in [5, 5.41) is 2.18. The maximum atomic E-state index is 12.7. The lowest BCUT2D eigenvalue weighted by molar-refractivity contribution is 0.177. The van der Waals surface area contributed by atoms with Gasteiger partial charge in [-0.15, -0.1) is 11.3 Å². The first-order chi connectivity index (χ1) is 10.0. The Hall–Kier alpha value is -0.990. The van der Waals surface area contributed by atoms with E-state index < -0.39 is 10.0 Å². The van der Waals surface area contributed by atoms with Crippen LogP contribution in [0.15, 0.2) is 40.7 Å². The largest absolute Gasteiger partial charge is 0.383 e. The van der Waals surface area contributed by atoms with Crippen LogP contribution in [0.2, 0.25) is 5.15 Å². The summed E-state index contributed by atoms with van der Waals surface area (Å²) in [7, 11) is -2.09. The van der Waals surface area contributed by atoms with Gasteiger partial charge in [0.25, 0.3) is 0 Å². The zero-order valence-corrected chi connectivity index (χ0v) is 13.8. The molecule has 0 unspecified atom stereocenters. The number of hydrogen-bond donors (Lipinski definition) is 0. The molecule has 0 aromatic carbocycles. The highest BCUT2D eigenvalue weighted by molar-refractivity contribution is 7.89. The second-order valence-corrected chi connectivity index (χ2v) is 7.58. The lowest BCUT2D eigenvalue weighted by Gasteiger charge is -2.21. The molecule has 0 aliphatic heterocycles. The van der Waals surface area contributed by atoms with Crippen LogP contribution < -0.4 is 0 Å². The van der Waals surface area contributed by atoms with E-state index in [4.69, 9.17) is 16.3 Å². The Kier molecular flexibility index (Phi) is 5.72. The van der Waals surface area contributed by atoms with E-state index in [9.17, 15) is 8.42 Å². The van der Waals surface area contributed by atoms with E-state index in [1.807, 2.05) is 17.5 Å². The molecule has 0 spiro atoms. The SMILES string of the molecule is COCCN(Cc1cccs1)S(=O)(=O)c1ccc(Cl)nc1. The van der Waals surface area contributed by atoms with Crippen molar-refractivity contribution in [2.75, 3.05) is 20.3 Å². The fourth-order valence-electron chi connectivity index (χ4n) is 1.72. The molecule has 0 atom stereocenters. The molecule has 0 saturated carbocycles. The van der Waals surface area contributed by atoms with E-state index >= 15 is 0 Å². The topological polar surface area (TPSA) is 59.5 Å². The van der Waals surface area contributed by atoms with Gasteiger partial charge in [-0.3, -0.25) is 0 Å². The molecule has 0 N–H and O–H groups in total. The summed E-state index contributed by atoms with van der Waals surface area (Å²) < 4.78 is 31.7. The minimum absolute atomic E-state index is 0.125. The fraction of sp³-hybridized carbons (Fsp3) is 0.308. The quantitative estimate of drug-likeness (QED) is 0.723. The first-order valence-electron chi connectivity index (χ1n) is 6.17. The predicted molar refractivity (Wildman–Crippen MR) is 83.0 cm³/mol. The molecule has 2 heterocycles. The summed E-state index contributed by atoms with van der Waals surface area (Å²) in [4.78, 5) is 4.93. The number of ether oxygens (including phenoxy) is 1. The third-order valence-electron chi connectivity index (χ3n) is 2.80. The van der Waals surface area contributed by atoms with Crippen LogP contribution in [0.1, 0.15) is 4.88 Å². The zero-order chi connectivity index (χ0) is 15.3. The number of sulfonamides is 1. The molecular formula is C13H15ClN2O3S2. The zero-order valence-electron chi connectivity index (χ0n) is 11.4. The predicted octanol–water partition coefficient (Wildman–Crippen LogP) is 2.63. The normalized spacial score (nSPS) is 12.0. The average molecular weight is 347 g/mol. The monoisotopic (exact) mass is 346 g/mol. The number of aromatic nitrogens is 1. The van der Waals surface area contributed by atoms with Crippen molar-refractivity contribution in [1.82, 2.24) is 9.29 Å². The van der Waals surface area contributed by atoms with Gasteiger partial charge in [0.1, 0.15) is 10.0 Å². The molecule has 0 saturated heterocycles. The molecule has 0 amide bonds. The first kappa shape index (κ1) is 16.4. The van der Waals surface area contributed by atoms with E-state index in [2.05, 4.69) is 4.98 Å². The van der Waals surface area contributed by atoms with Crippen LogP contribution in [0.5, 0.6) is 0 Å².